The second-order valence-corrected chi connectivity index (χ2v) is 5.59. The van der Waals surface area contributed by atoms with Gasteiger partial charge in [0, 0.05) is 16.6 Å². The van der Waals surface area contributed by atoms with Crippen LogP contribution in [0.3, 0.4) is 0 Å². The zero-order chi connectivity index (χ0) is 16.2. The van der Waals surface area contributed by atoms with E-state index in [0.29, 0.717) is 0 Å². The van der Waals surface area contributed by atoms with Gasteiger partial charge in [0.1, 0.15) is 17.3 Å². The van der Waals surface area contributed by atoms with Crippen LogP contribution in [0.25, 0.3) is 11.3 Å². The summed E-state index contributed by atoms with van der Waals surface area (Å²) >= 11 is 1.46. The lowest BCUT2D eigenvalue weighted by Crippen LogP contribution is -1.92. The van der Waals surface area contributed by atoms with Crippen molar-refractivity contribution < 1.29 is 13.9 Å². The molecule has 0 aliphatic heterocycles. The number of rotatable bonds is 5. The number of methoxy groups -OCH3 is 2. The molecule has 2 aromatic carbocycles. The van der Waals surface area contributed by atoms with Crippen molar-refractivity contribution in [2.75, 3.05) is 19.5 Å². The number of halogens is 1. The lowest BCUT2D eigenvalue weighted by Gasteiger charge is -2.08. The normalized spacial score (nSPS) is 10.4. The van der Waals surface area contributed by atoms with Crippen molar-refractivity contribution in [1.29, 1.82) is 0 Å². The zero-order valence-electron chi connectivity index (χ0n) is 12.7. The van der Waals surface area contributed by atoms with E-state index in [1.165, 1.54) is 23.5 Å². The third-order valence-corrected chi connectivity index (χ3v) is 4.04. The minimum atomic E-state index is -0.267. The van der Waals surface area contributed by atoms with Gasteiger partial charge in [-0.05, 0) is 42.5 Å². The molecule has 0 bridgehead atoms. The molecule has 1 aromatic heterocycles. The highest BCUT2D eigenvalue weighted by molar-refractivity contribution is 7.14. The highest BCUT2D eigenvalue weighted by atomic mass is 32.1. The van der Waals surface area contributed by atoms with Gasteiger partial charge in [-0.25, -0.2) is 9.37 Å². The molecule has 0 amide bonds. The minimum Gasteiger partial charge on any atom is -0.497 e. The first-order chi connectivity index (χ1) is 11.2. The number of anilines is 2. The molecule has 0 unspecified atom stereocenters. The fourth-order valence-electron chi connectivity index (χ4n) is 2.13. The Morgan fingerprint density at radius 3 is 2.52 bits per heavy atom. The third-order valence-electron chi connectivity index (χ3n) is 3.28. The summed E-state index contributed by atoms with van der Waals surface area (Å²) in [7, 11) is 3.24. The molecule has 0 fully saturated rings. The minimum absolute atomic E-state index is 0.267. The van der Waals surface area contributed by atoms with Gasteiger partial charge in [-0.15, -0.1) is 11.3 Å². The van der Waals surface area contributed by atoms with Crippen LogP contribution >= 0.6 is 11.3 Å². The Kier molecular flexibility index (Phi) is 4.43. The third kappa shape index (κ3) is 3.43. The van der Waals surface area contributed by atoms with Crippen LogP contribution in [0.1, 0.15) is 0 Å². The predicted octanol–water partition coefficient (Wildman–Crippen LogP) is 4.71. The first kappa shape index (κ1) is 15.3. The molecular formula is C17H15FN2O2S. The van der Waals surface area contributed by atoms with E-state index in [1.54, 1.807) is 26.4 Å². The summed E-state index contributed by atoms with van der Waals surface area (Å²) in [4.78, 5) is 4.56. The molecule has 3 aromatic rings. The van der Waals surface area contributed by atoms with Gasteiger partial charge in [0.05, 0.1) is 19.9 Å². The monoisotopic (exact) mass is 330 g/mol. The summed E-state index contributed by atoms with van der Waals surface area (Å²) in [6.07, 6.45) is 0. The number of aromatic nitrogens is 1. The number of thiazole rings is 1. The molecule has 0 radical (unpaired) electrons. The molecule has 0 aliphatic rings. The van der Waals surface area contributed by atoms with Crippen LogP contribution in [0.4, 0.5) is 15.2 Å². The Bertz CT molecular complexity index is 803. The fraction of sp³-hybridized carbons (Fsp3) is 0.118. The van der Waals surface area contributed by atoms with Gasteiger partial charge < -0.3 is 14.8 Å². The molecule has 1 heterocycles. The van der Waals surface area contributed by atoms with Crippen LogP contribution in [0.5, 0.6) is 11.5 Å². The standard InChI is InChI=1S/C17H15FN2O2S/c1-21-13-7-8-16(22-2)14(9-13)15-10-23-17(20-15)19-12-5-3-11(18)4-6-12/h3-10H,1-2H3,(H,19,20). The molecule has 4 nitrogen and oxygen atoms in total. The number of ether oxygens (including phenoxy) is 2. The van der Waals surface area contributed by atoms with Gasteiger partial charge in [-0.3, -0.25) is 0 Å². The maximum absolute atomic E-state index is 12.9. The van der Waals surface area contributed by atoms with E-state index in [-0.39, 0.29) is 5.82 Å². The maximum Gasteiger partial charge on any atom is 0.187 e. The molecular weight excluding hydrogens is 315 g/mol. The molecule has 0 atom stereocenters. The summed E-state index contributed by atoms with van der Waals surface area (Å²) in [5.74, 6) is 1.20. The van der Waals surface area contributed by atoms with Crippen molar-refractivity contribution in [2.45, 2.75) is 0 Å². The van der Waals surface area contributed by atoms with Gasteiger partial charge >= 0.3 is 0 Å². The van der Waals surface area contributed by atoms with Crippen molar-refractivity contribution in [3.63, 3.8) is 0 Å². The molecule has 6 heteroatoms. The summed E-state index contributed by atoms with van der Waals surface area (Å²) in [6.45, 7) is 0. The molecule has 118 valence electrons. The lowest BCUT2D eigenvalue weighted by molar-refractivity contribution is 0.404. The van der Waals surface area contributed by atoms with Crippen LogP contribution < -0.4 is 14.8 Å². The predicted molar refractivity (Wildman–Crippen MR) is 90.3 cm³/mol. The largest absolute Gasteiger partial charge is 0.497 e. The number of nitrogens with zero attached hydrogens (tertiary/aromatic N) is 1. The number of hydrogen-bond donors (Lipinski definition) is 1. The molecule has 0 aliphatic carbocycles. The average Bonchev–Trinajstić information content (AvgIpc) is 3.04. The highest BCUT2D eigenvalue weighted by Crippen LogP contribution is 2.35. The van der Waals surface area contributed by atoms with E-state index < -0.39 is 0 Å². The Hall–Kier alpha value is -2.60. The van der Waals surface area contributed by atoms with E-state index in [2.05, 4.69) is 10.3 Å². The van der Waals surface area contributed by atoms with Crippen LogP contribution in [-0.2, 0) is 0 Å². The summed E-state index contributed by atoms with van der Waals surface area (Å²) in [5.41, 5.74) is 2.43. The fourth-order valence-corrected chi connectivity index (χ4v) is 2.86. The summed E-state index contributed by atoms with van der Waals surface area (Å²) in [5, 5.41) is 5.81. The van der Waals surface area contributed by atoms with Crippen molar-refractivity contribution in [2.24, 2.45) is 0 Å². The maximum atomic E-state index is 12.9. The number of benzene rings is 2. The van der Waals surface area contributed by atoms with Crippen molar-refractivity contribution in [3.8, 4) is 22.8 Å². The van der Waals surface area contributed by atoms with Gasteiger partial charge in [-0.1, -0.05) is 0 Å². The highest BCUT2D eigenvalue weighted by Gasteiger charge is 2.11. The van der Waals surface area contributed by atoms with Crippen molar-refractivity contribution in [1.82, 2.24) is 4.98 Å². The molecule has 0 saturated heterocycles. The first-order valence-corrected chi connectivity index (χ1v) is 7.78. The second-order valence-electron chi connectivity index (χ2n) is 4.74. The Morgan fingerprint density at radius 2 is 1.83 bits per heavy atom. The molecule has 23 heavy (non-hydrogen) atoms. The van der Waals surface area contributed by atoms with Crippen LogP contribution in [0, 0.1) is 5.82 Å². The lowest BCUT2D eigenvalue weighted by atomic mass is 10.1. The molecule has 1 N–H and O–H groups in total. The van der Waals surface area contributed by atoms with Crippen molar-refractivity contribution in [3.05, 3.63) is 53.7 Å². The van der Waals surface area contributed by atoms with E-state index in [4.69, 9.17) is 9.47 Å². The quantitative estimate of drug-likeness (QED) is 0.736. The molecule has 0 spiro atoms. The number of nitrogens with one attached hydrogen (secondary N) is 1. The van der Waals surface area contributed by atoms with Crippen molar-refractivity contribution >= 4 is 22.2 Å². The van der Waals surface area contributed by atoms with E-state index in [9.17, 15) is 4.39 Å². The molecule has 3 rings (SSSR count). The first-order valence-electron chi connectivity index (χ1n) is 6.90. The van der Waals surface area contributed by atoms with E-state index in [1.807, 2.05) is 23.6 Å². The Morgan fingerprint density at radius 1 is 1.04 bits per heavy atom. The van der Waals surface area contributed by atoms with Gasteiger partial charge in [0.15, 0.2) is 5.13 Å². The van der Waals surface area contributed by atoms with Crippen LogP contribution in [-0.4, -0.2) is 19.2 Å². The van der Waals surface area contributed by atoms with Crippen LogP contribution in [0.15, 0.2) is 47.8 Å². The SMILES string of the molecule is COc1ccc(OC)c(-c2csc(Nc3ccc(F)cc3)n2)c1. The zero-order valence-corrected chi connectivity index (χ0v) is 13.5. The summed E-state index contributed by atoms with van der Waals surface area (Å²) < 4.78 is 23.6. The van der Waals surface area contributed by atoms with Gasteiger partial charge in [0.25, 0.3) is 0 Å². The van der Waals surface area contributed by atoms with E-state index in [0.717, 1.165) is 33.6 Å². The topological polar surface area (TPSA) is 43.4 Å². The second kappa shape index (κ2) is 6.66. The average molecular weight is 330 g/mol. The van der Waals surface area contributed by atoms with E-state index >= 15 is 0 Å². The number of hydrogen-bond acceptors (Lipinski definition) is 5. The Labute approximate surface area is 137 Å². The van der Waals surface area contributed by atoms with Gasteiger partial charge in [0.2, 0.25) is 0 Å². The summed E-state index contributed by atoms with van der Waals surface area (Å²) in [6, 6.07) is 11.7. The molecule has 0 saturated carbocycles. The van der Waals surface area contributed by atoms with Crippen LogP contribution in [0.2, 0.25) is 0 Å². The van der Waals surface area contributed by atoms with Gasteiger partial charge in [-0.2, -0.15) is 0 Å². The smallest absolute Gasteiger partial charge is 0.187 e. The Balaban J connectivity index is 1.88.